The number of hydrogen-bond acceptors (Lipinski definition) is 6. The number of nitrogens with one attached hydrogen (secondary N) is 2. The number of fused-ring (bicyclic) bond motifs is 1. The molecule has 7 nitrogen and oxygen atoms in total. The van der Waals surface area contributed by atoms with Crippen molar-refractivity contribution in [1.82, 2.24) is 10.3 Å². The summed E-state index contributed by atoms with van der Waals surface area (Å²) < 4.78 is 11.4. The number of carbonyl (C=O) groups is 1. The quantitative estimate of drug-likeness (QED) is 0.217. The summed E-state index contributed by atoms with van der Waals surface area (Å²) in [7, 11) is 0. The second-order valence-electron chi connectivity index (χ2n) is 8.15. The minimum atomic E-state index is -0.342. The summed E-state index contributed by atoms with van der Waals surface area (Å²) in [5, 5.41) is 16.5. The molecule has 3 N–H and O–H groups in total. The van der Waals surface area contributed by atoms with Crippen LogP contribution in [-0.2, 0) is 6.42 Å². The van der Waals surface area contributed by atoms with Gasteiger partial charge in [-0.05, 0) is 91.6 Å². The van der Waals surface area contributed by atoms with Gasteiger partial charge in [-0.3, -0.25) is 10.1 Å². The average molecular weight is 490 g/mol. The molecule has 0 spiro atoms. The highest BCUT2D eigenvalue weighted by Crippen LogP contribution is 2.36. The first-order valence-electron chi connectivity index (χ1n) is 11.5. The number of aromatic nitrogens is 1. The minimum Gasteiger partial charge on any atom is -0.507 e. The molecule has 0 atom stereocenters. The Morgan fingerprint density at radius 3 is 2.60 bits per heavy atom. The maximum Gasteiger partial charge on any atom is 0.257 e. The van der Waals surface area contributed by atoms with Crippen molar-refractivity contribution >= 4 is 40.0 Å². The predicted octanol–water partition coefficient (Wildman–Crippen LogP) is 5.99. The molecule has 35 heavy (non-hydrogen) atoms. The van der Waals surface area contributed by atoms with Crippen molar-refractivity contribution in [3.63, 3.8) is 0 Å². The van der Waals surface area contributed by atoms with Gasteiger partial charge in [0.25, 0.3) is 5.91 Å². The molecule has 1 aromatic heterocycles. The molecule has 1 heterocycles. The molecule has 4 aromatic rings. The first kappa shape index (κ1) is 24.2. The fourth-order valence-corrected chi connectivity index (χ4v) is 3.79. The summed E-state index contributed by atoms with van der Waals surface area (Å²) in [6.07, 6.45) is 1.80. The van der Waals surface area contributed by atoms with Crippen LogP contribution in [0.4, 0.5) is 5.69 Å². The number of aromatic hydroxyl groups is 1. The van der Waals surface area contributed by atoms with Gasteiger partial charge in [-0.1, -0.05) is 19.9 Å². The second-order valence-corrected chi connectivity index (χ2v) is 8.55. The Kier molecular flexibility index (Phi) is 7.31. The molecule has 0 aliphatic rings. The lowest BCUT2D eigenvalue weighted by Gasteiger charge is -2.13. The maximum absolute atomic E-state index is 12.6. The topological polar surface area (TPSA) is 96.6 Å². The number of benzene rings is 3. The van der Waals surface area contributed by atoms with Crippen molar-refractivity contribution in [3.8, 4) is 23.0 Å². The van der Waals surface area contributed by atoms with Crippen LogP contribution in [0.3, 0.4) is 0 Å². The molecular weight excluding hydrogens is 462 g/mol. The molecule has 0 aliphatic carbocycles. The molecule has 4 rings (SSSR count). The number of anilines is 1. The molecule has 8 heteroatoms. The van der Waals surface area contributed by atoms with E-state index in [1.807, 2.05) is 25.1 Å². The number of thiocarbonyl (C=S) groups is 1. The lowest BCUT2D eigenvalue weighted by molar-refractivity contribution is 0.0977. The highest BCUT2D eigenvalue weighted by Gasteiger charge is 2.17. The predicted molar refractivity (Wildman–Crippen MR) is 141 cm³/mol. The molecule has 0 saturated carbocycles. The first-order valence-corrected chi connectivity index (χ1v) is 11.9. The Labute approximate surface area is 209 Å². The molecule has 0 saturated heterocycles. The van der Waals surface area contributed by atoms with Crippen molar-refractivity contribution in [2.75, 3.05) is 11.9 Å². The summed E-state index contributed by atoms with van der Waals surface area (Å²) in [5.74, 6) is 0.739. The summed E-state index contributed by atoms with van der Waals surface area (Å²) in [5.41, 5.74) is 4.60. The largest absolute Gasteiger partial charge is 0.507 e. The van der Waals surface area contributed by atoms with Crippen LogP contribution in [0.2, 0.25) is 0 Å². The number of nitrogens with zero attached hydrogens (tertiary/aromatic N) is 1. The number of rotatable bonds is 7. The Balaban J connectivity index is 1.50. The van der Waals surface area contributed by atoms with Crippen LogP contribution in [-0.4, -0.2) is 27.7 Å². The van der Waals surface area contributed by atoms with Crippen molar-refractivity contribution in [1.29, 1.82) is 0 Å². The van der Waals surface area contributed by atoms with E-state index in [0.29, 0.717) is 46.2 Å². The smallest absolute Gasteiger partial charge is 0.257 e. The van der Waals surface area contributed by atoms with Crippen molar-refractivity contribution in [2.45, 2.75) is 33.6 Å². The molecular formula is C27H27N3O4S. The molecule has 0 fully saturated rings. The van der Waals surface area contributed by atoms with Crippen LogP contribution in [0.25, 0.3) is 22.6 Å². The summed E-state index contributed by atoms with van der Waals surface area (Å²) in [4.78, 5) is 17.1. The van der Waals surface area contributed by atoms with Crippen LogP contribution in [0.5, 0.6) is 11.5 Å². The van der Waals surface area contributed by atoms with E-state index in [1.54, 1.807) is 43.3 Å². The molecule has 0 aliphatic heterocycles. The Hall–Kier alpha value is -3.91. The fraction of sp³-hybridized carbons (Fsp3) is 0.222. The van der Waals surface area contributed by atoms with Gasteiger partial charge in [0.1, 0.15) is 17.0 Å². The van der Waals surface area contributed by atoms with Crippen LogP contribution in [0.1, 0.15) is 41.8 Å². The zero-order valence-corrected chi connectivity index (χ0v) is 20.7. The molecule has 1 amide bonds. The summed E-state index contributed by atoms with van der Waals surface area (Å²) in [6, 6.07) is 16.1. The summed E-state index contributed by atoms with van der Waals surface area (Å²) >= 11 is 5.34. The van der Waals surface area contributed by atoms with Gasteiger partial charge in [0.15, 0.2) is 10.7 Å². The number of phenolic OH excluding ortho intramolecular Hbond substituents is 1. The Bertz CT molecular complexity index is 1380. The van der Waals surface area contributed by atoms with E-state index in [2.05, 4.69) is 22.5 Å². The van der Waals surface area contributed by atoms with Crippen molar-refractivity contribution in [3.05, 3.63) is 71.3 Å². The van der Waals surface area contributed by atoms with E-state index in [9.17, 15) is 9.90 Å². The van der Waals surface area contributed by atoms with E-state index in [1.165, 1.54) is 0 Å². The van der Waals surface area contributed by atoms with Crippen LogP contribution >= 0.6 is 12.2 Å². The van der Waals surface area contributed by atoms with Gasteiger partial charge < -0.3 is 19.6 Å². The third-order valence-corrected chi connectivity index (χ3v) is 5.67. The van der Waals surface area contributed by atoms with Gasteiger partial charge in [-0.2, -0.15) is 0 Å². The van der Waals surface area contributed by atoms with E-state index in [-0.39, 0.29) is 16.8 Å². The van der Waals surface area contributed by atoms with E-state index in [0.717, 1.165) is 23.9 Å². The van der Waals surface area contributed by atoms with E-state index < -0.39 is 0 Å². The van der Waals surface area contributed by atoms with Gasteiger partial charge in [-0.15, -0.1) is 0 Å². The van der Waals surface area contributed by atoms with Crippen molar-refractivity contribution < 1.29 is 19.1 Å². The zero-order valence-electron chi connectivity index (χ0n) is 19.8. The SMILES string of the molecule is CCCOc1ccc(C(=O)NC(=S)Nc2cc(C)c(O)c(-c3nc4cc(CC)ccc4o3)c2)cc1. The number of carbonyl (C=O) groups excluding carboxylic acids is 1. The average Bonchev–Trinajstić information content (AvgIpc) is 3.28. The number of oxazole rings is 1. The van der Waals surface area contributed by atoms with E-state index in [4.69, 9.17) is 21.4 Å². The monoisotopic (exact) mass is 489 g/mol. The molecule has 0 unspecified atom stereocenters. The maximum atomic E-state index is 12.6. The Morgan fingerprint density at radius 2 is 1.89 bits per heavy atom. The highest BCUT2D eigenvalue weighted by molar-refractivity contribution is 7.80. The summed E-state index contributed by atoms with van der Waals surface area (Å²) in [6.45, 7) is 6.50. The number of aryl methyl sites for hydroxylation is 2. The lowest BCUT2D eigenvalue weighted by Crippen LogP contribution is -2.34. The first-order chi connectivity index (χ1) is 16.9. The van der Waals surface area contributed by atoms with Gasteiger partial charge in [0.05, 0.1) is 12.2 Å². The molecule has 0 bridgehead atoms. The standard InChI is InChI=1S/C27H27N3O4S/c1-4-12-33-20-9-7-18(8-10-20)25(32)30-27(35)28-19-13-16(3)24(31)21(15-19)26-29-22-14-17(5-2)6-11-23(22)34-26/h6-11,13-15,31H,4-5,12H2,1-3H3,(H2,28,30,32,35). The third-order valence-electron chi connectivity index (χ3n) is 5.47. The van der Waals surface area contributed by atoms with Crippen molar-refractivity contribution in [2.24, 2.45) is 0 Å². The molecule has 0 radical (unpaired) electrons. The zero-order chi connectivity index (χ0) is 24.9. The minimum absolute atomic E-state index is 0.0677. The normalized spacial score (nSPS) is 10.8. The number of ether oxygens (including phenoxy) is 1. The van der Waals surface area contributed by atoms with Crippen LogP contribution < -0.4 is 15.4 Å². The molecule has 3 aromatic carbocycles. The number of amides is 1. The van der Waals surface area contributed by atoms with Crippen LogP contribution in [0, 0.1) is 6.92 Å². The van der Waals surface area contributed by atoms with Gasteiger partial charge in [0, 0.05) is 11.3 Å². The number of phenols is 1. The third kappa shape index (κ3) is 5.60. The Morgan fingerprint density at radius 1 is 1.11 bits per heavy atom. The highest BCUT2D eigenvalue weighted by atomic mass is 32.1. The van der Waals surface area contributed by atoms with Gasteiger partial charge in [0.2, 0.25) is 5.89 Å². The van der Waals surface area contributed by atoms with Gasteiger partial charge >= 0.3 is 0 Å². The van der Waals surface area contributed by atoms with Crippen LogP contribution in [0.15, 0.2) is 59.0 Å². The number of hydrogen-bond donors (Lipinski definition) is 3. The fourth-order valence-electron chi connectivity index (χ4n) is 3.58. The van der Waals surface area contributed by atoms with Gasteiger partial charge in [-0.25, -0.2) is 4.98 Å². The second kappa shape index (κ2) is 10.6. The van der Waals surface area contributed by atoms with E-state index >= 15 is 0 Å². The lowest BCUT2D eigenvalue weighted by atomic mass is 10.1. The molecule has 180 valence electrons.